The molecule has 0 heterocycles. The summed E-state index contributed by atoms with van der Waals surface area (Å²) in [7, 11) is 0. The van der Waals surface area contributed by atoms with E-state index in [9.17, 15) is 22.8 Å². The third kappa shape index (κ3) is 4.64. The molecule has 2 rings (SSSR count). The lowest BCUT2D eigenvalue weighted by atomic mass is 9.89. The van der Waals surface area contributed by atoms with Crippen molar-refractivity contribution in [3.63, 3.8) is 0 Å². The molecule has 0 amide bonds. The van der Waals surface area contributed by atoms with Crippen LogP contribution >= 0.6 is 0 Å². The molecule has 0 saturated carbocycles. The van der Waals surface area contributed by atoms with Crippen LogP contribution in [0, 0.1) is 45.9 Å². The van der Waals surface area contributed by atoms with Gasteiger partial charge in [0.15, 0.2) is 23.3 Å². The van der Waals surface area contributed by atoms with Gasteiger partial charge < -0.3 is 15.6 Å². The zero-order valence-corrected chi connectivity index (χ0v) is 16.0. The summed E-state index contributed by atoms with van der Waals surface area (Å²) in [6, 6.07) is 8.45. The van der Waals surface area contributed by atoms with Gasteiger partial charge in [-0.05, 0) is 17.7 Å². The number of rotatable bonds is 8. The highest BCUT2D eigenvalue weighted by Crippen LogP contribution is 2.35. The third-order valence-corrected chi connectivity index (χ3v) is 4.67. The van der Waals surface area contributed by atoms with Crippen LogP contribution in [0.25, 0.3) is 11.0 Å². The summed E-state index contributed by atoms with van der Waals surface area (Å²) in [5.41, 5.74) is -3.11. The van der Waals surface area contributed by atoms with Crippen molar-refractivity contribution in [3.8, 4) is 12.1 Å². The first-order valence-electron chi connectivity index (χ1n) is 8.95. The molecule has 6 nitrogen and oxygen atoms in total. The number of nitrogens with one attached hydrogen (secondary N) is 1. The highest BCUT2D eigenvalue weighted by molar-refractivity contribution is 5.98. The van der Waals surface area contributed by atoms with Crippen LogP contribution in [0.5, 0.6) is 0 Å². The monoisotopic (exact) mass is 432 g/mol. The lowest BCUT2D eigenvalue weighted by Gasteiger charge is -2.19. The van der Waals surface area contributed by atoms with E-state index in [-0.39, 0.29) is 31.9 Å². The Labute approximate surface area is 175 Å². The second kappa shape index (κ2) is 10.5. The summed E-state index contributed by atoms with van der Waals surface area (Å²) < 4.78 is 58.1. The fourth-order valence-electron chi connectivity index (χ4n) is 3.16. The van der Waals surface area contributed by atoms with E-state index in [2.05, 4.69) is 0 Å². The Hall–Kier alpha value is -3.53. The molecule has 160 valence electrons. The van der Waals surface area contributed by atoms with E-state index in [1.165, 1.54) is 36.2 Å². The number of halogens is 4. The van der Waals surface area contributed by atoms with E-state index in [4.69, 9.17) is 20.9 Å². The van der Waals surface area contributed by atoms with Crippen LogP contribution in [-0.2, 0) is 0 Å². The SMILES string of the molecule is N#CC(=C=[N-])c1c(F)c(F)c(C(C#N)c2ccc([NH+](CCO)CCO)cc2)c(F)c1F. The predicted octanol–water partition coefficient (Wildman–Crippen LogP) is 1.55. The number of hydrogen-bond acceptors (Lipinski definition) is 4. The molecule has 2 aromatic carbocycles. The molecule has 0 aromatic heterocycles. The minimum absolute atomic E-state index is 0.0349. The number of nitriles is 2. The maximum absolute atomic E-state index is 14.6. The Balaban J connectivity index is 2.59. The molecule has 10 heteroatoms. The van der Waals surface area contributed by atoms with Gasteiger partial charge in [-0.3, -0.25) is 4.90 Å². The molecule has 0 aliphatic rings. The van der Waals surface area contributed by atoms with Gasteiger partial charge in [-0.2, -0.15) is 10.5 Å². The fourth-order valence-corrected chi connectivity index (χ4v) is 3.16. The largest absolute Gasteiger partial charge is 0.762 e. The molecule has 0 spiro atoms. The quantitative estimate of drug-likeness (QED) is 0.254. The van der Waals surface area contributed by atoms with Gasteiger partial charge in [-0.15, -0.1) is 0 Å². The molecular weight excluding hydrogens is 416 g/mol. The van der Waals surface area contributed by atoms with Gasteiger partial charge in [0, 0.05) is 0 Å². The molecule has 0 fully saturated rings. The van der Waals surface area contributed by atoms with Crippen LogP contribution in [0.1, 0.15) is 22.6 Å². The van der Waals surface area contributed by atoms with Gasteiger partial charge in [0.1, 0.15) is 30.8 Å². The molecule has 2 aromatic rings. The summed E-state index contributed by atoms with van der Waals surface area (Å²) in [5.74, 6) is -8.18. The number of allylic oxidation sites excluding steroid dienone is 1. The zero-order chi connectivity index (χ0) is 23.1. The first-order chi connectivity index (χ1) is 14.9. The average Bonchev–Trinajstić information content (AvgIpc) is 2.78. The van der Waals surface area contributed by atoms with E-state index in [0.29, 0.717) is 10.6 Å². The molecule has 0 saturated heterocycles. The van der Waals surface area contributed by atoms with Gasteiger partial charge in [0.05, 0.1) is 36.0 Å². The average molecular weight is 432 g/mol. The van der Waals surface area contributed by atoms with Gasteiger partial charge in [0.2, 0.25) is 0 Å². The van der Waals surface area contributed by atoms with Crippen molar-refractivity contribution in [2.75, 3.05) is 26.3 Å². The van der Waals surface area contributed by atoms with Crippen LogP contribution in [0.4, 0.5) is 23.2 Å². The highest BCUT2D eigenvalue weighted by Gasteiger charge is 2.32. The van der Waals surface area contributed by atoms with Gasteiger partial charge >= 0.3 is 0 Å². The standard InChI is InChI=1S/C21H15F4N4O2/c22-18-16(13(9-26)10-27)19(23)21(25)17(20(18)24)15(11-28)12-1-3-14(4-2-12)29(5-7-30)6-8-31/h1-4,15,30-31H,5-8H2/q-1/p+1. The summed E-state index contributed by atoms with van der Waals surface area (Å²) >= 11 is 0. The summed E-state index contributed by atoms with van der Waals surface area (Å²) in [4.78, 5) is 0.708. The zero-order valence-electron chi connectivity index (χ0n) is 16.0. The molecule has 31 heavy (non-hydrogen) atoms. The molecule has 3 N–H and O–H groups in total. The Morgan fingerprint density at radius 3 is 1.84 bits per heavy atom. The Bertz CT molecular complexity index is 1070. The molecule has 1 unspecified atom stereocenters. The second-order valence-corrected chi connectivity index (χ2v) is 6.38. The van der Waals surface area contributed by atoms with Crippen molar-refractivity contribution in [3.05, 3.63) is 69.6 Å². The molecule has 0 aliphatic carbocycles. The van der Waals surface area contributed by atoms with Crippen molar-refractivity contribution < 1.29 is 32.7 Å². The van der Waals surface area contributed by atoms with Gasteiger partial charge in [-0.1, -0.05) is 12.1 Å². The van der Waals surface area contributed by atoms with Crippen molar-refractivity contribution >= 4 is 17.1 Å². The summed E-state index contributed by atoms with van der Waals surface area (Å²) in [6.45, 7) is 0.228. The van der Waals surface area contributed by atoms with Crippen molar-refractivity contribution in [2.45, 2.75) is 5.92 Å². The van der Waals surface area contributed by atoms with Crippen molar-refractivity contribution in [1.82, 2.24) is 0 Å². The van der Waals surface area contributed by atoms with Gasteiger partial charge in [-0.25, -0.2) is 23.4 Å². The minimum atomic E-state index is -1.94. The predicted molar refractivity (Wildman–Crippen MR) is 102 cm³/mol. The maximum Gasteiger partial charge on any atom is 0.171 e. The van der Waals surface area contributed by atoms with Gasteiger partial charge in [0.25, 0.3) is 0 Å². The van der Waals surface area contributed by atoms with Crippen LogP contribution in [0.2, 0.25) is 0 Å². The molecular formula is C21H16F4N4O2. The van der Waals surface area contributed by atoms with Crippen LogP contribution < -0.4 is 4.90 Å². The summed E-state index contributed by atoms with van der Waals surface area (Å²) in [6.07, 6.45) is 0. The lowest BCUT2D eigenvalue weighted by Crippen LogP contribution is -3.08. The van der Waals surface area contributed by atoms with E-state index in [1.54, 1.807) is 6.07 Å². The lowest BCUT2D eigenvalue weighted by molar-refractivity contribution is -0.833. The third-order valence-electron chi connectivity index (χ3n) is 4.67. The minimum Gasteiger partial charge on any atom is -0.762 e. The Morgan fingerprint density at radius 1 is 0.935 bits per heavy atom. The van der Waals surface area contributed by atoms with Crippen LogP contribution in [-0.4, -0.2) is 42.4 Å². The topological polar surface area (TPSA) is 115 Å². The Morgan fingerprint density at radius 2 is 1.45 bits per heavy atom. The number of benzene rings is 2. The molecule has 1 atom stereocenters. The van der Waals surface area contributed by atoms with Crippen molar-refractivity contribution in [1.29, 1.82) is 10.5 Å². The number of aliphatic hydroxyl groups is 2. The van der Waals surface area contributed by atoms with E-state index < -0.39 is 45.9 Å². The number of aliphatic hydroxyl groups excluding tert-OH is 2. The van der Waals surface area contributed by atoms with E-state index in [1.807, 2.05) is 0 Å². The summed E-state index contributed by atoms with van der Waals surface area (Å²) in [5, 5.41) is 45.3. The normalized spacial score (nSPS) is 11.5. The van der Waals surface area contributed by atoms with Crippen LogP contribution in [0.15, 0.2) is 24.3 Å². The number of nitrogens with zero attached hydrogens (tertiary/aromatic N) is 3. The maximum atomic E-state index is 14.6. The van der Waals surface area contributed by atoms with E-state index in [0.717, 1.165) is 0 Å². The first-order valence-corrected chi connectivity index (χ1v) is 8.95. The van der Waals surface area contributed by atoms with E-state index >= 15 is 0 Å². The fraction of sp³-hybridized carbons (Fsp3) is 0.238. The van der Waals surface area contributed by atoms with Crippen molar-refractivity contribution in [2.24, 2.45) is 0 Å². The number of hydrogen-bond donors (Lipinski definition) is 3. The highest BCUT2D eigenvalue weighted by atomic mass is 19.2. The Kier molecular flexibility index (Phi) is 8.03. The molecule has 0 aliphatic heterocycles. The number of quaternary nitrogens is 1. The molecule has 0 bridgehead atoms. The molecule has 0 radical (unpaired) electrons. The van der Waals surface area contributed by atoms with Crippen LogP contribution in [0.3, 0.4) is 0 Å². The smallest absolute Gasteiger partial charge is 0.171 e. The first kappa shape index (κ1) is 23.7. The second-order valence-electron chi connectivity index (χ2n) is 6.38.